The number of aromatic nitrogens is 2. The van der Waals surface area contributed by atoms with Crippen LogP contribution in [0.2, 0.25) is 10.0 Å². The van der Waals surface area contributed by atoms with Crippen molar-refractivity contribution < 1.29 is 9.47 Å². The molecule has 0 radical (unpaired) electrons. The summed E-state index contributed by atoms with van der Waals surface area (Å²) in [5.41, 5.74) is 0. The predicted molar refractivity (Wildman–Crippen MR) is 104 cm³/mol. The fourth-order valence-electron chi connectivity index (χ4n) is 2.17. The SMILES string of the molecule is COc1nc(Br)ccc1Cl.COc1nc(N2CCNCC2)ccc1Cl. The number of halogens is 3. The Hall–Kier alpha value is -1.28. The molecule has 2 aromatic rings. The molecule has 0 bridgehead atoms. The van der Waals surface area contributed by atoms with Crippen molar-refractivity contribution in [3.8, 4) is 11.8 Å². The average Bonchev–Trinajstić information content (AvgIpc) is 2.65. The van der Waals surface area contributed by atoms with Gasteiger partial charge in [-0.2, -0.15) is 4.98 Å². The van der Waals surface area contributed by atoms with Crippen molar-refractivity contribution in [1.82, 2.24) is 15.3 Å². The predicted octanol–water partition coefficient (Wildman–Crippen LogP) is 3.66. The van der Waals surface area contributed by atoms with Gasteiger partial charge in [0.1, 0.15) is 20.5 Å². The molecule has 9 heteroatoms. The van der Waals surface area contributed by atoms with E-state index >= 15 is 0 Å². The number of anilines is 1. The third-order valence-corrected chi connectivity index (χ3v) is 4.42. The summed E-state index contributed by atoms with van der Waals surface area (Å²) >= 11 is 14.8. The summed E-state index contributed by atoms with van der Waals surface area (Å²) in [6, 6.07) is 7.23. The molecule has 0 aromatic carbocycles. The van der Waals surface area contributed by atoms with Crippen LogP contribution < -0.4 is 19.7 Å². The van der Waals surface area contributed by atoms with Crippen LogP contribution in [0.15, 0.2) is 28.9 Å². The van der Waals surface area contributed by atoms with E-state index in [4.69, 9.17) is 32.7 Å². The molecule has 0 atom stereocenters. The van der Waals surface area contributed by atoms with Gasteiger partial charge in [0, 0.05) is 26.2 Å². The molecule has 2 aromatic heterocycles. The summed E-state index contributed by atoms with van der Waals surface area (Å²) in [4.78, 5) is 10.5. The Kier molecular flexibility index (Phi) is 8.02. The number of rotatable bonds is 3. The van der Waals surface area contributed by atoms with Crippen molar-refractivity contribution in [3.05, 3.63) is 38.9 Å². The summed E-state index contributed by atoms with van der Waals surface area (Å²) in [6.07, 6.45) is 0. The molecule has 0 spiro atoms. The molecule has 1 fully saturated rings. The van der Waals surface area contributed by atoms with E-state index in [-0.39, 0.29) is 0 Å². The van der Waals surface area contributed by atoms with Crippen molar-refractivity contribution in [2.75, 3.05) is 45.3 Å². The number of ether oxygens (including phenoxy) is 2. The minimum atomic E-state index is 0.441. The first-order valence-electron chi connectivity index (χ1n) is 7.57. The molecule has 0 unspecified atom stereocenters. The minimum Gasteiger partial charge on any atom is -0.480 e. The van der Waals surface area contributed by atoms with Gasteiger partial charge >= 0.3 is 0 Å². The lowest BCUT2D eigenvalue weighted by Gasteiger charge is -2.28. The van der Waals surface area contributed by atoms with Crippen LogP contribution in [0.1, 0.15) is 0 Å². The number of hydrogen-bond acceptors (Lipinski definition) is 6. The minimum absolute atomic E-state index is 0.441. The van der Waals surface area contributed by atoms with E-state index < -0.39 is 0 Å². The third-order valence-electron chi connectivity index (χ3n) is 3.41. The Morgan fingerprint density at radius 2 is 1.52 bits per heavy atom. The van der Waals surface area contributed by atoms with Crippen LogP contribution in [0, 0.1) is 0 Å². The lowest BCUT2D eigenvalue weighted by Crippen LogP contribution is -2.43. The second kappa shape index (κ2) is 10.0. The Morgan fingerprint density at radius 1 is 0.960 bits per heavy atom. The molecule has 0 aliphatic carbocycles. The first-order valence-corrected chi connectivity index (χ1v) is 9.12. The van der Waals surface area contributed by atoms with Gasteiger partial charge in [0.05, 0.1) is 14.2 Å². The molecule has 136 valence electrons. The molecule has 1 N–H and O–H groups in total. The van der Waals surface area contributed by atoms with Gasteiger partial charge in [0.15, 0.2) is 0 Å². The highest BCUT2D eigenvalue weighted by Crippen LogP contribution is 2.25. The number of nitrogens with one attached hydrogen (secondary N) is 1. The van der Waals surface area contributed by atoms with E-state index in [0.717, 1.165) is 32.0 Å². The fourth-order valence-corrected chi connectivity index (χ4v) is 2.83. The maximum Gasteiger partial charge on any atom is 0.234 e. The van der Waals surface area contributed by atoms with Gasteiger partial charge in [-0.25, -0.2) is 4.98 Å². The number of pyridine rings is 2. The van der Waals surface area contributed by atoms with Crippen LogP contribution in [-0.2, 0) is 0 Å². The Balaban J connectivity index is 0.000000196. The summed E-state index contributed by atoms with van der Waals surface area (Å²) < 4.78 is 10.7. The van der Waals surface area contributed by atoms with Crippen LogP contribution in [0.5, 0.6) is 11.8 Å². The number of nitrogens with zero attached hydrogens (tertiary/aromatic N) is 3. The molecule has 0 amide bonds. The Bertz CT molecular complexity index is 700. The summed E-state index contributed by atoms with van der Waals surface area (Å²) in [5, 5.41) is 4.37. The van der Waals surface area contributed by atoms with Crippen molar-refractivity contribution in [2.24, 2.45) is 0 Å². The highest BCUT2D eigenvalue weighted by atomic mass is 79.9. The number of methoxy groups -OCH3 is 2. The summed E-state index contributed by atoms with van der Waals surface area (Å²) in [5.74, 6) is 1.86. The summed E-state index contributed by atoms with van der Waals surface area (Å²) in [6.45, 7) is 3.93. The molecule has 0 saturated carbocycles. The number of piperazine rings is 1. The largest absolute Gasteiger partial charge is 0.480 e. The van der Waals surface area contributed by atoms with Crippen LogP contribution in [-0.4, -0.2) is 50.4 Å². The topological polar surface area (TPSA) is 59.5 Å². The van der Waals surface area contributed by atoms with Gasteiger partial charge in [0.25, 0.3) is 0 Å². The van der Waals surface area contributed by atoms with E-state index in [1.165, 1.54) is 7.11 Å². The Labute approximate surface area is 165 Å². The van der Waals surface area contributed by atoms with E-state index in [1.807, 2.05) is 12.1 Å². The number of hydrogen-bond donors (Lipinski definition) is 1. The maximum absolute atomic E-state index is 5.92. The van der Waals surface area contributed by atoms with Gasteiger partial charge in [-0.15, -0.1) is 0 Å². The van der Waals surface area contributed by atoms with Gasteiger partial charge in [0.2, 0.25) is 11.8 Å². The average molecular weight is 450 g/mol. The van der Waals surface area contributed by atoms with Gasteiger partial charge in [-0.3, -0.25) is 0 Å². The van der Waals surface area contributed by atoms with E-state index in [9.17, 15) is 0 Å². The van der Waals surface area contributed by atoms with Crippen LogP contribution >= 0.6 is 39.1 Å². The molecule has 6 nitrogen and oxygen atoms in total. The second-order valence-electron chi connectivity index (χ2n) is 5.02. The fraction of sp³-hybridized carbons (Fsp3) is 0.375. The van der Waals surface area contributed by atoms with E-state index in [0.29, 0.717) is 26.4 Å². The monoisotopic (exact) mass is 448 g/mol. The molecule has 3 heterocycles. The van der Waals surface area contributed by atoms with Crippen LogP contribution in [0.3, 0.4) is 0 Å². The molecular weight excluding hydrogens is 431 g/mol. The lowest BCUT2D eigenvalue weighted by molar-refractivity contribution is 0.397. The molecule has 1 aliphatic heterocycles. The zero-order valence-electron chi connectivity index (χ0n) is 13.9. The second-order valence-corrected chi connectivity index (χ2v) is 6.65. The first-order chi connectivity index (χ1) is 12.0. The smallest absolute Gasteiger partial charge is 0.234 e. The van der Waals surface area contributed by atoms with Crippen molar-refractivity contribution in [1.29, 1.82) is 0 Å². The molecular formula is C16H19BrCl2N4O2. The highest BCUT2D eigenvalue weighted by Gasteiger charge is 2.13. The Morgan fingerprint density at radius 3 is 2.08 bits per heavy atom. The third kappa shape index (κ3) is 5.88. The quantitative estimate of drug-likeness (QED) is 0.721. The molecule has 3 rings (SSSR count). The molecule has 1 saturated heterocycles. The maximum atomic E-state index is 5.92. The van der Waals surface area contributed by atoms with Crippen molar-refractivity contribution in [3.63, 3.8) is 0 Å². The highest BCUT2D eigenvalue weighted by molar-refractivity contribution is 9.10. The zero-order valence-corrected chi connectivity index (χ0v) is 17.0. The van der Waals surface area contributed by atoms with Gasteiger partial charge in [-0.05, 0) is 40.2 Å². The molecule has 25 heavy (non-hydrogen) atoms. The van der Waals surface area contributed by atoms with Crippen molar-refractivity contribution >= 4 is 44.9 Å². The van der Waals surface area contributed by atoms with Gasteiger partial charge < -0.3 is 19.7 Å². The lowest BCUT2D eigenvalue weighted by atomic mass is 10.3. The van der Waals surface area contributed by atoms with Crippen LogP contribution in [0.25, 0.3) is 0 Å². The molecule has 1 aliphatic rings. The van der Waals surface area contributed by atoms with Crippen molar-refractivity contribution in [2.45, 2.75) is 0 Å². The zero-order chi connectivity index (χ0) is 18.2. The van der Waals surface area contributed by atoms with Gasteiger partial charge in [-0.1, -0.05) is 23.2 Å². The van der Waals surface area contributed by atoms with Crippen LogP contribution in [0.4, 0.5) is 5.82 Å². The first kappa shape index (κ1) is 20.0. The van der Waals surface area contributed by atoms with E-state index in [2.05, 4.69) is 36.1 Å². The standard InChI is InChI=1S/C10H14ClN3O.C6H5BrClNO/c1-15-10-8(11)2-3-9(13-10)14-6-4-12-5-7-14;1-10-6-4(8)2-3-5(7)9-6/h2-3,12H,4-7H2,1H3;2-3H,1H3. The summed E-state index contributed by atoms with van der Waals surface area (Å²) in [7, 11) is 3.11. The van der Waals surface area contributed by atoms with E-state index in [1.54, 1.807) is 19.2 Å². The normalized spacial score (nSPS) is 13.7.